The summed E-state index contributed by atoms with van der Waals surface area (Å²) in [4.78, 5) is 12.9. The molecule has 5 rings (SSSR count). The zero-order valence-electron chi connectivity index (χ0n) is 18.1. The van der Waals surface area contributed by atoms with Gasteiger partial charge in [-0.3, -0.25) is 4.79 Å². The van der Waals surface area contributed by atoms with Gasteiger partial charge >= 0.3 is 0 Å². The third-order valence-corrected chi connectivity index (χ3v) is 6.05. The number of carbonyl (C=O) groups excluding carboxylic acids is 1. The second-order valence-electron chi connectivity index (χ2n) is 7.70. The van der Waals surface area contributed by atoms with Gasteiger partial charge < -0.3 is 23.7 Å². The molecule has 0 aromatic heterocycles. The van der Waals surface area contributed by atoms with Crippen molar-refractivity contribution < 1.29 is 28.5 Å². The first-order valence-corrected chi connectivity index (χ1v) is 11.2. The molecule has 0 saturated carbocycles. The van der Waals surface area contributed by atoms with E-state index >= 15 is 0 Å². The fourth-order valence-electron chi connectivity index (χ4n) is 3.97. The van der Waals surface area contributed by atoms with Gasteiger partial charge in [0.15, 0.2) is 12.6 Å². The summed E-state index contributed by atoms with van der Waals surface area (Å²) in [5.74, 6) is 2.70. The molecule has 0 aliphatic carbocycles. The van der Waals surface area contributed by atoms with Crippen LogP contribution in [-0.4, -0.2) is 19.7 Å². The van der Waals surface area contributed by atoms with Crippen LogP contribution in [-0.2, 0) is 18.0 Å². The molecule has 3 aromatic carbocycles. The number of carbonyl (C=O) groups is 1. The number of methoxy groups -OCH3 is 1. The molecular formula is C26H21BrO6. The second-order valence-corrected chi connectivity index (χ2v) is 8.62. The van der Waals surface area contributed by atoms with Gasteiger partial charge in [-0.2, -0.15) is 0 Å². The lowest BCUT2D eigenvalue weighted by molar-refractivity contribution is -0.0176. The van der Waals surface area contributed by atoms with Gasteiger partial charge in [0.2, 0.25) is 5.78 Å². The molecule has 0 amide bonds. The minimum absolute atomic E-state index is 0.167. The molecule has 0 saturated heterocycles. The SMILES string of the molecule is COc1ccccc1/C=C1\Oc2c(ccc(OCc3cc(Br)cc4c3OCOC4)c2C)C1=O. The first kappa shape index (κ1) is 21.6. The Morgan fingerprint density at radius 2 is 1.94 bits per heavy atom. The lowest BCUT2D eigenvalue weighted by atomic mass is 10.1. The van der Waals surface area contributed by atoms with Crippen molar-refractivity contribution in [2.24, 2.45) is 0 Å². The van der Waals surface area contributed by atoms with Crippen LogP contribution in [0.15, 0.2) is 58.8 Å². The van der Waals surface area contributed by atoms with Crippen LogP contribution in [0.2, 0.25) is 0 Å². The number of halogens is 1. The Morgan fingerprint density at radius 1 is 1.09 bits per heavy atom. The van der Waals surface area contributed by atoms with Crippen LogP contribution < -0.4 is 18.9 Å². The molecule has 33 heavy (non-hydrogen) atoms. The summed E-state index contributed by atoms with van der Waals surface area (Å²) >= 11 is 3.53. The molecule has 2 heterocycles. The molecule has 0 atom stereocenters. The van der Waals surface area contributed by atoms with Gasteiger partial charge in [0.25, 0.3) is 0 Å². The Hall–Kier alpha value is -3.29. The average molecular weight is 509 g/mol. The average Bonchev–Trinajstić information content (AvgIpc) is 3.14. The highest BCUT2D eigenvalue weighted by atomic mass is 79.9. The monoisotopic (exact) mass is 508 g/mol. The van der Waals surface area contributed by atoms with Crippen LogP contribution in [0.4, 0.5) is 0 Å². The third-order valence-electron chi connectivity index (χ3n) is 5.60. The van der Waals surface area contributed by atoms with Gasteiger partial charge in [0.1, 0.15) is 29.6 Å². The summed E-state index contributed by atoms with van der Waals surface area (Å²) < 4.78 is 29.5. The molecule has 6 nitrogen and oxygen atoms in total. The smallest absolute Gasteiger partial charge is 0.231 e. The first-order chi connectivity index (χ1) is 16.0. The molecule has 2 aliphatic heterocycles. The van der Waals surface area contributed by atoms with Crippen molar-refractivity contribution in [3.63, 3.8) is 0 Å². The number of Topliss-reactive ketones (excluding diaryl/α,β-unsaturated/α-hetero) is 1. The fourth-order valence-corrected chi connectivity index (χ4v) is 4.52. The summed E-state index contributed by atoms with van der Waals surface area (Å²) in [6.45, 7) is 2.90. The van der Waals surface area contributed by atoms with E-state index in [1.165, 1.54) is 0 Å². The summed E-state index contributed by atoms with van der Waals surface area (Å²) in [6, 6.07) is 15.0. The van der Waals surface area contributed by atoms with Gasteiger partial charge in [0.05, 0.1) is 19.3 Å². The minimum Gasteiger partial charge on any atom is -0.496 e. The number of benzene rings is 3. The van der Waals surface area contributed by atoms with E-state index in [4.69, 9.17) is 23.7 Å². The quantitative estimate of drug-likeness (QED) is 0.404. The Morgan fingerprint density at radius 3 is 2.79 bits per heavy atom. The van der Waals surface area contributed by atoms with Crippen molar-refractivity contribution in [3.05, 3.63) is 86.6 Å². The highest BCUT2D eigenvalue weighted by molar-refractivity contribution is 9.10. The number of fused-ring (bicyclic) bond motifs is 2. The predicted molar refractivity (Wildman–Crippen MR) is 126 cm³/mol. The number of hydrogen-bond donors (Lipinski definition) is 0. The van der Waals surface area contributed by atoms with Gasteiger partial charge in [-0.25, -0.2) is 0 Å². The number of ether oxygens (including phenoxy) is 5. The lowest BCUT2D eigenvalue weighted by Crippen LogP contribution is -2.14. The Balaban J connectivity index is 1.40. The lowest BCUT2D eigenvalue weighted by Gasteiger charge is -2.21. The third kappa shape index (κ3) is 4.10. The molecule has 0 spiro atoms. The Labute approximate surface area is 199 Å². The van der Waals surface area contributed by atoms with E-state index in [1.807, 2.05) is 43.3 Å². The number of allylic oxidation sites excluding steroid dienone is 1. The topological polar surface area (TPSA) is 63.2 Å². The number of para-hydroxylation sites is 1. The van der Waals surface area contributed by atoms with Crippen molar-refractivity contribution in [3.8, 4) is 23.0 Å². The van der Waals surface area contributed by atoms with Gasteiger partial charge in [-0.15, -0.1) is 0 Å². The summed E-state index contributed by atoms with van der Waals surface area (Å²) in [5, 5.41) is 0. The largest absolute Gasteiger partial charge is 0.496 e. The Bertz CT molecular complexity index is 1280. The minimum atomic E-state index is -0.167. The van der Waals surface area contributed by atoms with Crippen LogP contribution in [0.3, 0.4) is 0 Å². The normalized spacial score (nSPS) is 15.5. The zero-order valence-corrected chi connectivity index (χ0v) is 19.7. The number of ketones is 1. The molecule has 0 fully saturated rings. The highest BCUT2D eigenvalue weighted by Crippen LogP contribution is 2.40. The number of rotatable bonds is 5. The Kier molecular flexibility index (Phi) is 5.83. The molecule has 0 unspecified atom stereocenters. The van der Waals surface area contributed by atoms with Crippen molar-refractivity contribution in [2.75, 3.05) is 13.9 Å². The molecule has 0 bridgehead atoms. The van der Waals surface area contributed by atoms with Crippen molar-refractivity contribution in [2.45, 2.75) is 20.1 Å². The second kappa shape index (κ2) is 8.92. The molecule has 0 N–H and O–H groups in total. The van der Waals surface area contributed by atoms with Crippen molar-refractivity contribution in [1.82, 2.24) is 0 Å². The van der Waals surface area contributed by atoms with Crippen LogP contribution in [0.5, 0.6) is 23.0 Å². The van der Waals surface area contributed by atoms with E-state index in [9.17, 15) is 4.79 Å². The molecule has 0 radical (unpaired) electrons. The summed E-state index contributed by atoms with van der Waals surface area (Å²) in [7, 11) is 1.59. The van der Waals surface area contributed by atoms with Gasteiger partial charge in [-0.1, -0.05) is 34.1 Å². The standard InChI is InChI=1S/C26H21BrO6/c1-15-21(31-13-18-10-19(27)9-17-12-30-14-32-26(17)18)8-7-20-24(28)23(33-25(15)20)11-16-5-3-4-6-22(16)29-2/h3-11H,12-14H2,1-2H3/b23-11-. The maximum atomic E-state index is 12.9. The molecule has 7 heteroatoms. The van der Waals surface area contributed by atoms with Crippen LogP contribution in [0.1, 0.15) is 32.6 Å². The number of hydrogen-bond acceptors (Lipinski definition) is 6. The molecular weight excluding hydrogens is 488 g/mol. The maximum absolute atomic E-state index is 12.9. The van der Waals surface area contributed by atoms with Crippen molar-refractivity contribution in [1.29, 1.82) is 0 Å². The molecule has 2 aliphatic rings. The van der Waals surface area contributed by atoms with E-state index in [1.54, 1.807) is 25.3 Å². The molecule has 168 valence electrons. The molecule has 3 aromatic rings. The van der Waals surface area contributed by atoms with Gasteiger partial charge in [0, 0.05) is 26.7 Å². The van der Waals surface area contributed by atoms with E-state index in [2.05, 4.69) is 15.9 Å². The van der Waals surface area contributed by atoms with Crippen LogP contribution >= 0.6 is 15.9 Å². The van der Waals surface area contributed by atoms with Crippen LogP contribution in [0, 0.1) is 6.92 Å². The maximum Gasteiger partial charge on any atom is 0.231 e. The van der Waals surface area contributed by atoms with Gasteiger partial charge in [-0.05, 0) is 43.3 Å². The summed E-state index contributed by atoms with van der Waals surface area (Å²) in [5.41, 5.74) is 3.93. The van der Waals surface area contributed by atoms with E-state index in [0.29, 0.717) is 36.0 Å². The first-order valence-electron chi connectivity index (χ1n) is 10.4. The van der Waals surface area contributed by atoms with Crippen molar-refractivity contribution >= 4 is 27.8 Å². The van der Waals surface area contributed by atoms with E-state index in [-0.39, 0.29) is 18.3 Å². The van der Waals surface area contributed by atoms with Crippen LogP contribution in [0.25, 0.3) is 6.08 Å². The summed E-state index contributed by atoms with van der Waals surface area (Å²) in [6.07, 6.45) is 1.70. The fraction of sp³-hybridized carbons (Fsp3) is 0.192. The van der Waals surface area contributed by atoms with E-state index < -0.39 is 0 Å². The highest BCUT2D eigenvalue weighted by Gasteiger charge is 2.30. The zero-order chi connectivity index (χ0) is 22.9. The van der Waals surface area contributed by atoms with E-state index in [0.717, 1.165) is 32.5 Å². The predicted octanol–water partition coefficient (Wildman–Crippen LogP) is 5.83.